The number of hydrogen-bond donors (Lipinski definition) is 2. The Kier molecular flexibility index (Phi) is 4.92. The van der Waals surface area contributed by atoms with Gasteiger partial charge in [-0.3, -0.25) is 0 Å². The van der Waals surface area contributed by atoms with E-state index in [1.54, 1.807) is 0 Å². The maximum absolute atomic E-state index is 8.32. The van der Waals surface area contributed by atoms with Gasteiger partial charge in [-0.25, -0.2) is 0 Å². The van der Waals surface area contributed by atoms with Gasteiger partial charge in [0.15, 0.2) is 4.62 Å². The zero-order valence-electron chi connectivity index (χ0n) is 5.58. The molecule has 4 nitrogen and oxygen atoms in total. The number of nitrogens with zero attached hydrogens (tertiary/aromatic N) is 2. The monoisotopic (exact) mass is 208 g/mol. The third kappa shape index (κ3) is 2.82. The molecule has 0 amide bonds. The lowest BCUT2D eigenvalue weighted by Crippen LogP contribution is -2.06. The van der Waals surface area contributed by atoms with Gasteiger partial charge in [0.05, 0.1) is 0 Å². The lowest BCUT2D eigenvalue weighted by molar-refractivity contribution is 0.314. The number of oxime groups is 2. The minimum absolute atomic E-state index is 0.178. The van der Waals surface area contributed by atoms with Crippen LogP contribution in [0.2, 0.25) is 0 Å². The van der Waals surface area contributed by atoms with E-state index in [2.05, 4.69) is 26.2 Å². The highest BCUT2D eigenvalue weighted by molar-refractivity contribution is 9.19. The molecule has 0 aliphatic heterocycles. The van der Waals surface area contributed by atoms with Crippen molar-refractivity contribution in [2.75, 3.05) is 0 Å². The first-order chi connectivity index (χ1) is 4.76. The molecule has 0 aromatic carbocycles. The highest BCUT2D eigenvalue weighted by atomic mass is 79.9. The van der Waals surface area contributed by atoms with Gasteiger partial charge in [0.2, 0.25) is 0 Å². The van der Waals surface area contributed by atoms with Crippen LogP contribution in [-0.4, -0.2) is 20.7 Å². The van der Waals surface area contributed by atoms with Crippen molar-refractivity contribution in [2.45, 2.75) is 19.8 Å². The molecular weight excluding hydrogens is 200 g/mol. The summed E-state index contributed by atoms with van der Waals surface area (Å²) in [6.07, 6.45) is 1.42. The summed E-state index contributed by atoms with van der Waals surface area (Å²) < 4.78 is 0.178. The van der Waals surface area contributed by atoms with E-state index >= 15 is 0 Å². The molecule has 0 aromatic rings. The molecule has 2 N–H and O–H groups in total. The highest BCUT2D eigenvalue weighted by Gasteiger charge is 2.04. The first kappa shape index (κ1) is 9.42. The highest BCUT2D eigenvalue weighted by Crippen LogP contribution is 1.99. The fraction of sp³-hybridized carbons (Fsp3) is 0.600. The summed E-state index contributed by atoms with van der Waals surface area (Å²) in [6.45, 7) is 1.93. The van der Waals surface area contributed by atoms with Gasteiger partial charge in [0.25, 0.3) is 0 Å². The predicted octanol–water partition coefficient (Wildman–Crippen LogP) is 1.80. The molecule has 0 aromatic heterocycles. The van der Waals surface area contributed by atoms with E-state index in [1.807, 2.05) is 6.92 Å². The van der Waals surface area contributed by atoms with Crippen molar-refractivity contribution >= 4 is 26.3 Å². The lowest BCUT2D eigenvalue weighted by atomic mass is 10.2. The van der Waals surface area contributed by atoms with E-state index in [0.29, 0.717) is 12.1 Å². The summed E-state index contributed by atoms with van der Waals surface area (Å²) >= 11 is 2.91. The van der Waals surface area contributed by atoms with Crippen molar-refractivity contribution in [3.63, 3.8) is 0 Å². The van der Waals surface area contributed by atoms with E-state index in [4.69, 9.17) is 10.4 Å². The summed E-state index contributed by atoms with van der Waals surface area (Å²) in [5.41, 5.74) is 0.352. The average Bonchev–Trinajstić information content (AvgIpc) is 1.99. The lowest BCUT2D eigenvalue weighted by Gasteiger charge is -1.95. The van der Waals surface area contributed by atoms with E-state index in [9.17, 15) is 0 Å². The fourth-order valence-electron chi connectivity index (χ4n) is 0.489. The van der Waals surface area contributed by atoms with Crippen LogP contribution in [0.25, 0.3) is 0 Å². The smallest absolute Gasteiger partial charge is 0.169 e. The molecule has 5 heteroatoms. The topological polar surface area (TPSA) is 65.2 Å². The Labute approximate surface area is 67.4 Å². The molecule has 0 unspecified atom stereocenters. The third-order valence-corrected chi connectivity index (χ3v) is 1.55. The molecule has 0 radical (unpaired) electrons. The quantitative estimate of drug-likeness (QED) is 0.422. The Hall–Kier alpha value is -0.580. The Morgan fingerprint density at radius 3 is 2.30 bits per heavy atom. The molecule has 0 heterocycles. The van der Waals surface area contributed by atoms with Crippen LogP contribution in [0.5, 0.6) is 0 Å². The summed E-state index contributed by atoms with van der Waals surface area (Å²) in [7, 11) is 0. The molecule has 0 spiro atoms. The average molecular weight is 209 g/mol. The molecule has 0 rings (SSSR count). The van der Waals surface area contributed by atoms with E-state index < -0.39 is 0 Å². The fourth-order valence-corrected chi connectivity index (χ4v) is 0.766. The molecule has 0 saturated carbocycles. The van der Waals surface area contributed by atoms with Crippen LogP contribution in [0.1, 0.15) is 19.8 Å². The minimum atomic E-state index is 0.178. The normalized spacial score (nSPS) is 13.8. The SMILES string of the molecule is CCCC(=N/O)/C(Br)=N\O. The summed E-state index contributed by atoms with van der Waals surface area (Å²) in [6, 6.07) is 0. The van der Waals surface area contributed by atoms with Crippen LogP contribution in [0.15, 0.2) is 10.3 Å². The van der Waals surface area contributed by atoms with Crippen molar-refractivity contribution in [3.8, 4) is 0 Å². The van der Waals surface area contributed by atoms with Crippen molar-refractivity contribution in [1.82, 2.24) is 0 Å². The van der Waals surface area contributed by atoms with Crippen molar-refractivity contribution in [1.29, 1.82) is 0 Å². The Balaban J connectivity index is 4.09. The Morgan fingerprint density at radius 2 is 2.00 bits per heavy atom. The van der Waals surface area contributed by atoms with E-state index in [1.165, 1.54) is 0 Å². The second-order valence-electron chi connectivity index (χ2n) is 1.69. The first-order valence-corrected chi connectivity index (χ1v) is 3.64. The molecule has 0 atom stereocenters. The van der Waals surface area contributed by atoms with Crippen LogP contribution < -0.4 is 0 Å². The van der Waals surface area contributed by atoms with Gasteiger partial charge < -0.3 is 10.4 Å². The molecule has 0 aliphatic rings. The third-order valence-electron chi connectivity index (χ3n) is 0.933. The largest absolute Gasteiger partial charge is 0.411 e. The summed E-state index contributed by atoms with van der Waals surface area (Å²) in [5, 5.41) is 22.3. The zero-order chi connectivity index (χ0) is 7.98. The van der Waals surface area contributed by atoms with Gasteiger partial charge in [-0.05, 0) is 22.4 Å². The van der Waals surface area contributed by atoms with Gasteiger partial charge in [0.1, 0.15) is 5.71 Å². The molecule has 0 bridgehead atoms. The molecular formula is C5H9BrN2O2. The maximum Gasteiger partial charge on any atom is 0.169 e. The van der Waals surface area contributed by atoms with Gasteiger partial charge in [-0.2, -0.15) is 0 Å². The molecule has 0 saturated heterocycles. The molecule has 0 fully saturated rings. The Bertz CT molecular complexity index is 156. The first-order valence-electron chi connectivity index (χ1n) is 2.85. The van der Waals surface area contributed by atoms with Crippen LogP contribution >= 0.6 is 15.9 Å². The second-order valence-corrected chi connectivity index (χ2v) is 2.44. The Morgan fingerprint density at radius 1 is 1.40 bits per heavy atom. The van der Waals surface area contributed by atoms with Crippen molar-refractivity contribution in [3.05, 3.63) is 0 Å². The maximum atomic E-state index is 8.32. The van der Waals surface area contributed by atoms with Gasteiger partial charge >= 0.3 is 0 Å². The van der Waals surface area contributed by atoms with Crippen molar-refractivity contribution < 1.29 is 10.4 Å². The van der Waals surface area contributed by atoms with Gasteiger partial charge in [-0.15, -0.1) is 0 Å². The molecule has 10 heavy (non-hydrogen) atoms. The van der Waals surface area contributed by atoms with Gasteiger partial charge in [-0.1, -0.05) is 23.7 Å². The summed E-state index contributed by atoms with van der Waals surface area (Å²) in [5.74, 6) is 0. The van der Waals surface area contributed by atoms with Crippen LogP contribution in [-0.2, 0) is 0 Å². The molecule has 58 valence electrons. The zero-order valence-corrected chi connectivity index (χ0v) is 7.17. The van der Waals surface area contributed by atoms with Crippen LogP contribution in [0.3, 0.4) is 0 Å². The summed E-state index contributed by atoms with van der Waals surface area (Å²) in [4.78, 5) is 0. The number of hydrogen-bond acceptors (Lipinski definition) is 4. The van der Waals surface area contributed by atoms with Crippen molar-refractivity contribution in [2.24, 2.45) is 10.3 Å². The minimum Gasteiger partial charge on any atom is -0.411 e. The standard InChI is InChI=1S/C5H9BrN2O2/c1-2-3-4(7-9)5(6)8-10/h9-10H,2-3H2,1H3/b7-4-,8-5+. The van der Waals surface area contributed by atoms with Crippen LogP contribution in [0, 0.1) is 0 Å². The van der Waals surface area contributed by atoms with E-state index in [0.717, 1.165) is 6.42 Å². The predicted molar refractivity (Wildman–Crippen MR) is 42.3 cm³/mol. The van der Waals surface area contributed by atoms with Crippen LogP contribution in [0.4, 0.5) is 0 Å². The second kappa shape index (κ2) is 5.22. The number of halogens is 1. The van der Waals surface area contributed by atoms with Gasteiger partial charge in [0, 0.05) is 0 Å². The number of rotatable bonds is 3. The molecule has 0 aliphatic carbocycles. The van der Waals surface area contributed by atoms with E-state index in [-0.39, 0.29) is 4.62 Å².